The summed E-state index contributed by atoms with van der Waals surface area (Å²) in [6, 6.07) is 17.8. The molecule has 1 N–H and O–H groups in total. The summed E-state index contributed by atoms with van der Waals surface area (Å²) in [6.45, 7) is 18.9. The average Bonchev–Trinajstić information content (AvgIpc) is 3.51. The van der Waals surface area contributed by atoms with E-state index >= 15 is 0 Å². The van der Waals surface area contributed by atoms with Crippen LogP contribution in [-0.2, 0) is 29.2 Å². The number of imidazole rings is 1. The highest BCUT2D eigenvalue weighted by Crippen LogP contribution is 2.45. The molecule has 2 aliphatic heterocycles. The number of amides is 1. The number of fused-ring (bicyclic) bond motifs is 1. The number of pyridine rings is 1. The van der Waals surface area contributed by atoms with Gasteiger partial charge in [0.15, 0.2) is 0 Å². The molecule has 2 aromatic carbocycles. The summed E-state index contributed by atoms with van der Waals surface area (Å²) >= 11 is 0. The predicted octanol–water partition coefficient (Wildman–Crippen LogP) is 8.62. The molecule has 0 saturated carbocycles. The van der Waals surface area contributed by atoms with Crippen LogP contribution >= 0.6 is 0 Å². The maximum Gasteiger partial charge on any atom is 0.251 e. The van der Waals surface area contributed by atoms with Gasteiger partial charge in [-0.3, -0.25) is 9.69 Å². The van der Waals surface area contributed by atoms with Crippen LogP contribution < -0.4 is 10.1 Å². The number of aromatic nitrogens is 3. The van der Waals surface area contributed by atoms with Crippen LogP contribution in [0.15, 0.2) is 60.7 Å². The number of benzene rings is 2. The van der Waals surface area contributed by atoms with Crippen molar-refractivity contribution in [3.8, 4) is 11.9 Å². The number of nitriles is 1. The van der Waals surface area contributed by atoms with Crippen LogP contribution in [0, 0.1) is 22.6 Å². The Morgan fingerprint density at radius 3 is 2.55 bits per heavy atom. The molecule has 2 saturated heterocycles. The molecule has 298 valence electrons. The minimum absolute atomic E-state index is 0.0378. The van der Waals surface area contributed by atoms with Crippen LogP contribution in [0.1, 0.15) is 114 Å². The molecule has 7 rings (SSSR count). The molecule has 1 amide bonds. The monoisotopic (exact) mass is 764 g/mol. The third kappa shape index (κ3) is 9.66. The molecule has 56 heavy (non-hydrogen) atoms. The van der Waals surface area contributed by atoms with Gasteiger partial charge in [0.2, 0.25) is 5.88 Å². The molecule has 11 heteroatoms. The van der Waals surface area contributed by atoms with E-state index < -0.39 is 11.4 Å². The van der Waals surface area contributed by atoms with Gasteiger partial charge in [0, 0.05) is 36.9 Å². The number of nitrogens with one attached hydrogen (secondary N) is 1. The van der Waals surface area contributed by atoms with Crippen molar-refractivity contribution in [3.63, 3.8) is 0 Å². The Labute approximate surface area is 331 Å². The van der Waals surface area contributed by atoms with E-state index in [-0.39, 0.29) is 35.2 Å². The number of hydrogen-bond acceptors (Lipinski definition) is 8. The summed E-state index contributed by atoms with van der Waals surface area (Å²) < 4.78 is 34.4. The van der Waals surface area contributed by atoms with Gasteiger partial charge in [-0.1, -0.05) is 39.0 Å². The largest absolute Gasteiger partial charge is 0.473 e. The molecule has 2 fully saturated rings. The molecule has 10 nitrogen and oxygen atoms in total. The highest BCUT2D eigenvalue weighted by Gasteiger charge is 2.44. The molecule has 3 aliphatic rings. The number of hydrogen-bond donors (Lipinski definition) is 1. The quantitative estimate of drug-likeness (QED) is 0.136. The first-order chi connectivity index (χ1) is 26.8. The Balaban J connectivity index is 0.00000262. The van der Waals surface area contributed by atoms with E-state index in [1.807, 2.05) is 64.1 Å². The summed E-state index contributed by atoms with van der Waals surface area (Å²) in [4.78, 5) is 25.8. The first-order valence-electron chi connectivity index (χ1n) is 20.1. The van der Waals surface area contributed by atoms with E-state index in [2.05, 4.69) is 41.6 Å². The number of carbonyl (C=O) groups is 1. The number of ether oxygens (including phenoxy) is 3. The highest BCUT2D eigenvalue weighted by molar-refractivity contribution is 5.97. The minimum atomic E-state index is -0.531. The van der Waals surface area contributed by atoms with Gasteiger partial charge in [-0.25, -0.2) is 14.4 Å². The molecule has 0 bridgehead atoms. The van der Waals surface area contributed by atoms with Crippen molar-refractivity contribution in [2.45, 2.75) is 118 Å². The van der Waals surface area contributed by atoms with Gasteiger partial charge in [0.05, 0.1) is 65.3 Å². The normalized spacial score (nSPS) is 17.9. The molecular weight excluding hydrogens is 708 g/mol. The smallest absolute Gasteiger partial charge is 0.251 e. The minimum Gasteiger partial charge on any atom is -0.473 e. The molecule has 1 aliphatic carbocycles. The van der Waals surface area contributed by atoms with Gasteiger partial charge in [-0.15, -0.1) is 0 Å². The molecule has 1 unspecified atom stereocenters. The number of allylic oxidation sites excluding steroid dienone is 2. The second-order valence-corrected chi connectivity index (χ2v) is 16.5. The first-order valence-corrected chi connectivity index (χ1v) is 20.1. The molecule has 0 radical (unpaired) electrons. The van der Waals surface area contributed by atoms with Crippen LogP contribution in [0.2, 0.25) is 0 Å². The fourth-order valence-corrected chi connectivity index (χ4v) is 7.40. The second kappa shape index (κ2) is 17.2. The molecular formula is C45H57FN6O4. The van der Waals surface area contributed by atoms with E-state index in [9.17, 15) is 9.18 Å². The summed E-state index contributed by atoms with van der Waals surface area (Å²) in [6.07, 6.45) is 7.35. The van der Waals surface area contributed by atoms with Gasteiger partial charge in [-0.05, 0) is 107 Å². The standard InChI is InChI=1S/C43H51FN6O4.C2H6/c1-6-42(4,5)54-28-41(2,3)48-40(51)31-12-13-36-37(21-31)50(23-33-16-19-52-33)38(46-36)24-49-26-43(27-49)17-14-30(15-18-43)35-8-7-9-39(47-35)53-25-32-11-10-29(22-45)20-34(32)44;1-2/h7-14,20-21,33H,6,15-19,23-28H2,1-5H3,(H,48,51);1-2H3. The lowest BCUT2D eigenvalue weighted by molar-refractivity contribution is -0.0600. The van der Waals surface area contributed by atoms with Gasteiger partial charge in [0.25, 0.3) is 5.91 Å². The van der Waals surface area contributed by atoms with Crippen LogP contribution in [0.3, 0.4) is 0 Å². The molecule has 2 aromatic heterocycles. The maximum atomic E-state index is 14.4. The highest BCUT2D eigenvalue weighted by atomic mass is 19.1. The van der Waals surface area contributed by atoms with Crippen LogP contribution in [0.25, 0.3) is 16.6 Å². The van der Waals surface area contributed by atoms with E-state index in [4.69, 9.17) is 29.4 Å². The van der Waals surface area contributed by atoms with Crippen LogP contribution in [-0.4, -0.2) is 68.9 Å². The maximum absolute atomic E-state index is 14.4. The Bertz CT molecular complexity index is 2090. The number of likely N-dealkylation sites (tertiary alicyclic amines) is 1. The second-order valence-electron chi connectivity index (χ2n) is 16.5. The zero-order valence-corrected chi connectivity index (χ0v) is 34.1. The topological polar surface area (TPSA) is 115 Å². The van der Waals surface area contributed by atoms with E-state index in [0.29, 0.717) is 30.2 Å². The number of nitrogens with zero attached hydrogens (tertiary/aromatic N) is 5. The first kappa shape index (κ1) is 41.0. The van der Waals surface area contributed by atoms with Crippen molar-refractivity contribution in [3.05, 3.63) is 94.7 Å². The zero-order valence-electron chi connectivity index (χ0n) is 34.1. The Kier molecular flexibility index (Phi) is 12.6. The van der Waals surface area contributed by atoms with Crippen LogP contribution in [0.4, 0.5) is 4.39 Å². The SMILES string of the molecule is CC.CCC(C)(C)OCC(C)(C)NC(=O)c1ccc2nc(CN3CC4(CC=C(c5cccc(OCc6ccc(C#N)cc6F)n5)CC4)C3)n(CC3CCO3)c2c1. The lowest BCUT2D eigenvalue weighted by Gasteiger charge is -2.51. The number of halogens is 1. The van der Waals surface area contributed by atoms with Gasteiger partial charge < -0.3 is 24.1 Å². The van der Waals surface area contributed by atoms with Crippen molar-refractivity contribution in [2.24, 2.45) is 5.41 Å². The molecule has 4 heterocycles. The molecule has 1 atom stereocenters. The number of rotatable bonds is 14. The summed E-state index contributed by atoms with van der Waals surface area (Å²) in [7, 11) is 0. The van der Waals surface area contributed by atoms with Gasteiger partial charge in [0.1, 0.15) is 18.2 Å². The Morgan fingerprint density at radius 2 is 1.89 bits per heavy atom. The lowest BCUT2D eigenvalue weighted by Crippen LogP contribution is -2.56. The van der Waals surface area contributed by atoms with Crippen molar-refractivity contribution in [1.82, 2.24) is 24.8 Å². The van der Waals surface area contributed by atoms with E-state index in [0.717, 1.165) is 80.9 Å². The van der Waals surface area contributed by atoms with E-state index in [1.54, 1.807) is 18.2 Å². The lowest BCUT2D eigenvalue weighted by atomic mass is 9.69. The average molecular weight is 765 g/mol. The van der Waals surface area contributed by atoms with Gasteiger partial charge in [-0.2, -0.15) is 5.26 Å². The van der Waals surface area contributed by atoms with E-state index in [1.165, 1.54) is 11.6 Å². The predicted molar refractivity (Wildman–Crippen MR) is 217 cm³/mol. The Hall–Kier alpha value is -4.63. The third-order valence-corrected chi connectivity index (χ3v) is 11.2. The van der Waals surface area contributed by atoms with Crippen LogP contribution in [0.5, 0.6) is 5.88 Å². The van der Waals surface area contributed by atoms with Crippen molar-refractivity contribution >= 4 is 22.5 Å². The summed E-state index contributed by atoms with van der Waals surface area (Å²) in [5, 5.41) is 12.2. The fourth-order valence-electron chi connectivity index (χ4n) is 7.40. The molecule has 1 spiro atoms. The zero-order chi connectivity index (χ0) is 40.1. The molecule has 4 aromatic rings. The van der Waals surface area contributed by atoms with Crippen molar-refractivity contribution < 1.29 is 23.4 Å². The third-order valence-electron chi connectivity index (χ3n) is 11.2. The summed E-state index contributed by atoms with van der Waals surface area (Å²) in [5.74, 6) is 0.852. The Morgan fingerprint density at radius 1 is 1.11 bits per heavy atom. The number of carbonyl (C=O) groups excluding carboxylic acids is 1. The van der Waals surface area contributed by atoms with Crippen molar-refractivity contribution in [2.75, 3.05) is 26.3 Å². The van der Waals surface area contributed by atoms with Gasteiger partial charge >= 0.3 is 0 Å². The van der Waals surface area contributed by atoms with Crippen molar-refractivity contribution in [1.29, 1.82) is 5.26 Å². The fraction of sp³-hybridized carbons (Fsp3) is 0.511. The summed E-state index contributed by atoms with van der Waals surface area (Å²) in [5.41, 5.74) is 4.64.